The van der Waals surface area contributed by atoms with E-state index in [-0.39, 0.29) is 12.1 Å². The molecule has 2 rings (SSSR count). The highest BCUT2D eigenvalue weighted by molar-refractivity contribution is 5.88. The molecule has 0 aliphatic rings. The number of nitrogens with zero attached hydrogens (tertiary/aromatic N) is 3. The summed E-state index contributed by atoms with van der Waals surface area (Å²) in [5.41, 5.74) is 0.871. The van der Waals surface area contributed by atoms with Crippen molar-refractivity contribution < 1.29 is 14.7 Å². The largest absolute Gasteiger partial charge is 0.478 e. The van der Waals surface area contributed by atoms with Gasteiger partial charge in [0, 0.05) is 13.6 Å². The number of aromatic carboxylic acids is 1. The number of amides is 2. The lowest BCUT2D eigenvalue weighted by molar-refractivity contribution is 0.0696. The molecule has 0 spiro atoms. The van der Waals surface area contributed by atoms with Crippen LogP contribution in [-0.2, 0) is 13.6 Å². The lowest BCUT2D eigenvalue weighted by Crippen LogP contribution is -2.29. The molecule has 1 aromatic carbocycles. The van der Waals surface area contributed by atoms with Crippen molar-refractivity contribution >= 4 is 17.9 Å². The van der Waals surface area contributed by atoms with Gasteiger partial charge in [-0.05, 0) is 17.7 Å². The minimum atomic E-state index is -1.00. The summed E-state index contributed by atoms with van der Waals surface area (Å²) in [6, 6.07) is 5.91. The lowest BCUT2D eigenvalue weighted by atomic mass is 10.1. The van der Waals surface area contributed by atoms with Gasteiger partial charge in [0.1, 0.15) is 6.33 Å². The van der Waals surface area contributed by atoms with Crippen LogP contribution >= 0.6 is 0 Å². The van der Waals surface area contributed by atoms with E-state index in [1.54, 1.807) is 19.2 Å². The van der Waals surface area contributed by atoms with Gasteiger partial charge in [0.25, 0.3) is 0 Å². The average molecular weight is 275 g/mol. The number of carbonyl (C=O) groups is 2. The first-order valence-corrected chi connectivity index (χ1v) is 5.77. The molecule has 0 aliphatic heterocycles. The van der Waals surface area contributed by atoms with Crippen molar-refractivity contribution in [2.45, 2.75) is 6.54 Å². The van der Waals surface area contributed by atoms with Gasteiger partial charge in [0.2, 0.25) is 5.95 Å². The third-order valence-electron chi connectivity index (χ3n) is 2.56. The maximum Gasteiger partial charge on any atom is 0.335 e. The van der Waals surface area contributed by atoms with E-state index >= 15 is 0 Å². The van der Waals surface area contributed by atoms with E-state index in [4.69, 9.17) is 5.11 Å². The monoisotopic (exact) mass is 275 g/mol. The molecule has 0 saturated carbocycles. The number of anilines is 1. The maximum atomic E-state index is 11.6. The molecule has 0 atom stereocenters. The Hall–Kier alpha value is -2.90. The van der Waals surface area contributed by atoms with Gasteiger partial charge in [-0.1, -0.05) is 12.1 Å². The van der Waals surface area contributed by atoms with Crippen LogP contribution < -0.4 is 10.6 Å². The second kappa shape index (κ2) is 5.83. The molecule has 0 unspecified atom stereocenters. The third kappa shape index (κ3) is 3.31. The summed E-state index contributed by atoms with van der Waals surface area (Å²) in [6.45, 7) is 0.213. The minimum Gasteiger partial charge on any atom is -0.478 e. The molecule has 2 amide bonds. The highest BCUT2D eigenvalue weighted by Gasteiger charge is 2.07. The molecule has 0 radical (unpaired) electrons. The number of benzene rings is 1. The number of hydrogen-bond acceptors (Lipinski definition) is 4. The number of aryl methyl sites for hydroxylation is 1. The van der Waals surface area contributed by atoms with Gasteiger partial charge in [-0.25, -0.2) is 14.3 Å². The summed E-state index contributed by atoms with van der Waals surface area (Å²) in [7, 11) is 1.65. The van der Waals surface area contributed by atoms with E-state index in [1.807, 2.05) is 0 Å². The van der Waals surface area contributed by atoms with E-state index in [2.05, 4.69) is 20.7 Å². The lowest BCUT2D eigenvalue weighted by Gasteiger charge is -2.07. The Balaban J connectivity index is 1.92. The number of nitrogens with one attached hydrogen (secondary N) is 2. The van der Waals surface area contributed by atoms with Crippen LogP contribution in [0.3, 0.4) is 0 Å². The zero-order chi connectivity index (χ0) is 14.5. The Morgan fingerprint density at radius 1 is 1.40 bits per heavy atom. The number of carbonyl (C=O) groups excluding carboxylic acids is 1. The second-order valence-corrected chi connectivity index (χ2v) is 4.02. The fourth-order valence-corrected chi connectivity index (χ4v) is 1.55. The summed E-state index contributed by atoms with van der Waals surface area (Å²) in [5.74, 6) is -0.683. The van der Waals surface area contributed by atoms with Crippen LogP contribution in [0, 0.1) is 0 Å². The fraction of sp³-hybridized carbons (Fsp3) is 0.167. The minimum absolute atomic E-state index is 0.179. The first-order valence-electron chi connectivity index (χ1n) is 5.77. The summed E-state index contributed by atoms with van der Waals surface area (Å²) in [4.78, 5) is 26.3. The second-order valence-electron chi connectivity index (χ2n) is 4.02. The van der Waals surface area contributed by atoms with Gasteiger partial charge < -0.3 is 10.4 Å². The van der Waals surface area contributed by atoms with Gasteiger partial charge in [-0.3, -0.25) is 5.32 Å². The number of rotatable bonds is 4. The van der Waals surface area contributed by atoms with E-state index in [9.17, 15) is 9.59 Å². The van der Waals surface area contributed by atoms with Crippen molar-refractivity contribution in [3.05, 3.63) is 41.7 Å². The highest BCUT2D eigenvalue weighted by atomic mass is 16.4. The van der Waals surface area contributed by atoms with Gasteiger partial charge in [0.05, 0.1) is 5.56 Å². The molecule has 2 aromatic rings. The Morgan fingerprint density at radius 2 is 2.20 bits per heavy atom. The van der Waals surface area contributed by atoms with E-state index in [0.717, 1.165) is 0 Å². The summed E-state index contributed by atoms with van der Waals surface area (Å²) < 4.78 is 1.42. The summed E-state index contributed by atoms with van der Waals surface area (Å²) in [6.07, 6.45) is 1.33. The van der Waals surface area contributed by atoms with Crippen LogP contribution in [0.25, 0.3) is 0 Å². The van der Waals surface area contributed by atoms with Crippen LogP contribution in [0.5, 0.6) is 0 Å². The number of urea groups is 1. The number of aromatic nitrogens is 3. The smallest absolute Gasteiger partial charge is 0.335 e. The summed E-state index contributed by atoms with van der Waals surface area (Å²) >= 11 is 0. The quantitative estimate of drug-likeness (QED) is 0.765. The Bertz CT molecular complexity index is 638. The zero-order valence-electron chi connectivity index (χ0n) is 10.7. The van der Waals surface area contributed by atoms with Gasteiger partial charge in [-0.15, -0.1) is 0 Å². The van der Waals surface area contributed by atoms with Crippen LogP contribution in [-0.4, -0.2) is 31.9 Å². The normalized spacial score (nSPS) is 10.1. The molecule has 8 nitrogen and oxygen atoms in total. The molecule has 0 fully saturated rings. The predicted molar refractivity (Wildman–Crippen MR) is 70.3 cm³/mol. The summed E-state index contributed by atoms with van der Waals surface area (Å²) in [5, 5.41) is 17.8. The van der Waals surface area contributed by atoms with E-state index in [1.165, 1.54) is 23.1 Å². The SMILES string of the molecule is Cn1ncnc1NC(=O)NCc1cccc(C(=O)O)c1. The van der Waals surface area contributed by atoms with Crippen molar-refractivity contribution in [1.29, 1.82) is 0 Å². The first kappa shape index (κ1) is 13.5. The molecule has 20 heavy (non-hydrogen) atoms. The number of carboxylic acids is 1. The standard InChI is InChI=1S/C12H13N5O3/c1-17-11(14-7-15-17)16-12(20)13-6-8-3-2-4-9(5-8)10(18)19/h2-5,7H,6H2,1H3,(H,18,19)(H2,13,14,15,16,20). The molecule has 104 valence electrons. The van der Waals surface area contributed by atoms with Crippen molar-refractivity contribution in [2.24, 2.45) is 7.05 Å². The first-order chi connectivity index (χ1) is 9.56. The molecule has 0 aliphatic carbocycles. The highest BCUT2D eigenvalue weighted by Crippen LogP contribution is 2.05. The van der Waals surface area contributed by atoms with Gasteiger partial charge >= 0.3 is 12.0 Å². The molecular weight excluding hydrogens is 262 g/mol. The van der Waals surface area contributed by atoms with Crippen molar-refractivity contribution in [3.63, 3.8) is 0 Å². The molecule has 8 heteroatoms. The molecule has 1 aromatic heterocycles. The van der Waals surface area contributed by atoms with E-state index < -0.39 is 12.0 Å². The van der Waals surface area contributed by atoms with Crippen LogP contribution in [0.1, 0.15) is 15.9 Å². The maximum absolute atomic E-state index is 11.6. The van der Waals surface area contributed by atoms with Crippen LogP contribution in [0.2, 0.25) is 0 Å². The molecule has 0 saturated heterocycles. The van der Waals surface area contributed by atoms with Gasteiger partial charge in [-0.2, -0.15) is 10.1 Å². The third-order valence-corrected chi connectivity index (χ3v) is 2.56. The van der Waals surface area contributed by atoms with Crippen LogP contribution in [0.4, 0.5) is 10.7 Å². The Labute approximate surface area is 114 Å². The Morgan fingerprint density at radius 3 is 2.85 bits per heavy atom. The zero-order valence-corrected chi connectivity index (χ0v) is 10.7. The Kier molecular flexibility index (Phi) is 3.94. The van der Waals surface area contributed by atoms with Crippen LogP contribution in [0.15, 0.2) is 30.6 Å². The fourth-order valence-electron chi connectivity index (χ4n) is 1.55. The topological polar surface area (TPSA) is 109 Å². The predicted octanol–water partition coefficient (Wildman–Crippen LogP) is 0.835. The molecule has 1 heterocycles. The van der Waals surface area contributed by atoms with Crippen molar-refractivity contribution in [1.82, 2.24) is 20.1 Å². The molecular formula is C12H13N5O3. The average Bonchev–Trinajstić information content (AvgIpc) is 2.82. The van der Waals surface area contributed by atoms with Crippen molar-refractivity contribution in [3.8, 4) is 0 Å². The van der Waals surface area contributed by atoms with Gasteiger partial charge in [0.15, 0.2) is 0 Å². The van der Waals surface area contributed by atoms with Crippen molar-refractivity contribution in [2.75, 3.05) is 5.32 Å². The molecule has 0 bridgehead atoms. The number of hydrogen-bond donors (Lipinski definition) is 3. The number of carboxylic acid groups (broad SMARTS) is 1. The molecule has 3 N–H and O–H groups in total. The van der Waals surface area contributed by atoms with E-state index in [0.29, 0.717) is 11.5 Å².